The Labute approximate surface area is 116 Å². The number of rotatable bonds is 3. The fourth-order valence-corrected chi connectivity index (χ4v) is 1.43. The second kappa shape index (κ2) is 5.62. The molecule has 21 heavy (non-hydrogen) atoms. The molecule has 1 amide bonds. The number of carbonyl (C=O) groups excluding carboxylic acids is 1. The summed E-state index contributed by atoms with van der Waals surface area (Å²) in [5, 5.41) is 5.69. The third kappa shape index (κ3) is 3.56. The smallest absolute Gasteiger partial charge is 0.329 e. The molecule has 0 atom stereocenters. The highest BCUT2D eigenvalue weighted by Gasteiger charge is 2.38. The van der Waals surface area contributed by atoms with Gasteiger partial charge in [-0.1, -0.05) is 5.16 Å². The van der Waals surface area contributed by atoms with Crippen molar-refractivity contribution >= 4 is 11.6 Å². The maximum absolute atomic E-state index is 12.3. The number of aromatic nitrogens is 2. The van der Waals surface area contributed by atoms with E-state index in [1.165, 1.54) is 24.3 Å². The molecule has 0 aliphatic heterocycles. The van der Waals surface area contributed by atoms with Crippen LogP contribution in [-0.4, -0.2) is 22.6 Å². The lowest BCUT2D eigenvalue weighted by Gasteiger charge is -2.01. The monoisotopic (exact) mass is 296 g/mol. The largest absolute Gasteiger partial charge is 0.471 e. The first kappa shape index (κ1) is 14.5. The van der Waals surface area contributed by atoms with Crippen molar-refractivity contribution in [3.05, 3.63) is 41.6 Å². The van der Waals surface area contributed by atoms with Crippen molar-refractivity contribution in [1.29, 1.82) is 0 Å². The van der Waals surface area contributed by atoms with Gasteiger partial charge in [-0.05, 0) is 24.3 Å². The van der Waals surface area contributed by atoms with Crippen LogP contribution in [-0.2, 0) is 11.0 Å². The van der Waals surface area contributed by atoms with Gasteiger partial charge < -0.3 is 14.7 Å². The SMILES string of the molecule is [C-]#[N+]CC(=O)Nc1ccc(-c2noc(C(F)(F)F)n2)cc1. The fourth-order valence-electron chi connectivity index (χ4n) is 1.43. The Morgan fingerprint density at radius 3 is 2.52 bits per heavy atom. The van der Waals surface area contributed by atoms with E-state index in [-0.39, 0.29) is 12.4 Å². The van der Waals surface area contributed by atoms with Crippen LogP contribution in [0.2, 0.25) is 0 Å². The van der Waals surface area contributed by atoms with Crippen molar-refractivity contribution in [2.75, 3.05) is 11.9 Å². The maximum Gasteiger partial charge on any atom is 0.471 e. The van der Waals surface area contributed by atoms with Crippen molar-refractivity contribution in [3.63, 3.8) is 0 Å². The zero-order valence-corrected chi connectivity index (χ0v) is 10.3. The molecule has 2 aromatic rings. The quantitative estimate of drug-likeness (QED) is 0.884. The minimum absolute atomic E-state index is 0.207. The number of carbonyl (C=O) groups is 1. The van der Waals surface area contributed by atoms with Gasteiger partial charge in [-0.15, -0.1) is 0 Å². The molecule has 108 valence electrons. The van der Waals surface area contributed by atoms with Crippen LogP contribution in [0.15, 0.2) is 28.8 Å². The summed E-state index contributed by atoms with van der Waals surface area (Å²) in [4.78, 5) is 17.4. The van der Waals surface area contributed by atoms with Crippen molar-refractivity contribution in [2.24, 2.45) is 0 Å². The molecule has 0 bridgehead atoms. The second-order valence-corrected chi connectivity index (χ2v) is 3.86. The lowest BCUT2D eigenvalue weighted by Crippen LogP contribution is -2.13. The Morgan fingerprint density at radius 1 is 1.33 bits per heavy atom. The van der Waals surface area contributed by atoms with Crippen molar-refractivity contribution < 1.29 is 22.5 Å². The summed E-state index contributed by atoms with van der Waals surface area (Å²) >= 11 is 0. The molecule has 0 spiro atoms. The lowest BCUT2D eigenvalue weighted by atomic mass is 10.2. The summed E-state index contributed by atoms with van der Waals surface area (Å²) in [6, 6.07) is 5.78. The van der Waals surface area contributed by atoms with E-state index in [4.69, 9.17) is 6.57 Å². The molecule has 0 saturated heterocycles. The molecule has 0 radical (unpaired) electrons. The van der Waals surface area contributed by atoms with E-state index < -0.39 is 18.0 Å². The van der Waals surface area contributed by atoms with Gasteiger partial charge in [0.2, 0.25) is 5.82 Å². The Hall–Kier alpha value is -2.89. The van der Waals surface area contributed by atoms with Crippen molar-refractivity contribution in [2.45, 2.75) is 6.18 Å². The number of benzene rings is 1. The van der Waals surface area contributed by atoms with Gasteiger partial charge in [0.15, 0.2) is 0 Å². The Balaban J connectivity index is 2.14. The fraction of sp³-hybridized carbons (Fsp3) is 0.167. The summed E-state index contributed by atoms with van der Waals surface area (Å²) in [7, 11) is 0. The van der Waals surface area contributed by atoms with Crippen LogP contribution in [0.5, 0.6) is 0 Å². The molecule has 0 aliphatic carbocycles. The number of nitrogens with zero attached hydrogens (tertiary/aromatic N) is 3. The molecule has 0 fully saturated rings. The minimum atomic E-state index is -4.70. The number of amides is 1. The summed E-state index contributed by atoms with van der Waals surface area (Å²) in [5.74, 6) is -2.11. The average molecular weight is 296 g/mol. The molecular weight excluding hydrogens is 289 g/mol. The zero-order chi connectivity index (χ0) is 15.5. The minimum Gasteiger partial charge on any atom is -0.329 e. The Kier molecular flexibility index (Phi) is 3.89. The molecule has 1 aromatic carbocycles. The third-order valence-corrected chi connectivity index (χ3v) is 2.32. The Morgan fingerprint density at radius 2 is 2.00 bits per heavy atom. The van der Waals surface area contributed by atoms with Gasteiger partial charge in [0, 0.05) is 11.3 Å². The maximum atomic E-state index is 12.3. The van der Waals surface area contributed by atoms with E-state index in [1.54, 1.807) is 0 Å². The summed E-state index contributed by atoms with van der Waals surface area (Å²) in [6.07, 6.45) is -4.70. The molecule has 9 heteroatoms. The molecule has 1 aromatic heterocycles. The standard InChI is InChI=1S/C12H7F3N4O2/c1-16-6-9(20)17-8-4-2-7(3-5-8)10-18-11(21-19-10)12(13,14)15/h2-5H,6H2,(H,17,20). The predicted molar refractivity (Wildman–Crippen MR) is 64.8 cm³/mol. The summed E-state index contributed by atoms with van der Waals surface area (Å²) in [5.41, 5.74) is 0.712. The van der Waals surface area contributed by atoms with E-state index in [1.807, 2.05) is 0 Å². The lowest BCUT2D eigenvalue weighted by molar-refractivity contribution is -0.159. The zero-order valence-electron chi connectivity index (χ0n) is 10.3. The van der Waals surface area contributed by atoms with Gasteiger partial charge in [0.25, 0.3) is 6.54 Å². The highest BCUT2D eigenvalue weighted by Crippen LogP contribution is 2.29. The van der Waals surface area contributed by atoms with Gasteiger partial charge in [-0.3, -0.25) is 4.79 Å². The van der Waals surface area contributed by atoms with Crippen LogP contribution in [0.1, 0.15) is 5.89 Å². The average Bonchev–Trinajstić information content (AvgIpc) is 2.89. The first-order valence-electron chi connectivity index (χ1n) is 5.54. The molecule has 0 aliphatic rings. The van der Waals surface area contributed by atoms with Gasteiger partial charge in [0.05, 0.1) is 0 Å². The molecule has 0 saturated carbocycles. The molecular formula is C12H7F3N4O2. The van der Waals surface area contributed by atoms with E-state index in [2.05, 4.69) is 24.8 Å². The molecule has 1 N–H and O–H groups in total. The van der Waals surface area contributed by atoms with Gasteiger partial charge in [0.1, 0.15) is 0 Å². The number of anilines is 1. The predicted octanol–water partition coefficient (Wildman–Crippen LogP) is 2.61. The van der Waals surface area contributed by atoms with Crippen molar-refractivity contribution in [1.82, 2.24) is 10.1 Å². The topological polar surface area (TPSA) is 72.4 Å². The highest BCUT2D eigenvalue weighted by molar-refractivity contribution is 5.93. The van der Waals surface area contributed by atoms with E-state index in [0.29, 0.717) is 11.3 Å². The van der Waals surface area contributed by atoms with Gasteiger partial charge >= 0.3 is 18.0 Å². The highest BCUT2D eigenvalue weighted by atomic mass is 19.4. The number of nitrogens with one attached hydrogen (secondary N) is 1. The van der Waals surface area contributed by atoms with Gasteiger partial charge in [-0.25, -0.2) is 6.57 Å². The third-order valence-electron chi connectivity index (χ3n) is 2.32. The molecule has 6 nitrogen and oxygen atoms in total. The van der Waals surface area contributed by atoms with E-state index >= 15 is 0 Å². The normalized spacial score (nSPS) is 11.0. The molecule has 1 heterocycles. The first-order chi connectivity index (χ1) is 9.90. The van der Waals surface area contributed by atoms with Crippen LogP contribution < -0.4 is 5.32 Å². The number of hydrogen-bond donors (Lipinski definition) is 1. The first-order valence-corrected chi connectivity index (χ1v) is 5.54. The van der Waals surface area contributed by atoms with Crippen LogP contribution in [0.25, 0.3) is 16.2 Å². The summed E-state index contributed by atoms with van der Waals surface area (Å²) in [6.45, 7) is 6.24. The van der Waals surface area contributed by atoms with Crippen LogP contribution in [0, 0.1) is 6.57 Å². The van der Waals surface area contributed by atoms with E-state index in [9.17, 15) is 18.0 Å². The summed E-state index contributed by atoms with van der Waals surface area (Å²) < 4.78 is 41.1. The van der Waals surface area contributed by atoms with Crippen LogP contribution in [0.3, 0.4) is 0 Å². The van der Waals surface area contributed by atoms with Crippen LogP contribution in [0.4, 0.5) is 18.9 Å². The van der Waals surface area contributed by atoms with Crippen LogP contribution >= 0.6 is 0 Å². The van der Waals surface area contributed by atoms with Crippen molar-refractivity contribution in [3.8, 4) is 11.4 Å². The number of halogens is 3. The van der Waals surface area contributed by atoms with E-state index in [0.717, 1.165) is 0 Å². The number of alkyl halides is 3. The second-order valence-electron chi connectivity index (χ2n) is 3.86. The van der Waals surface area contributed by atoms with Gasteiger partial charge in [-0.2, -0.15) is 18.2 Å². The Bertz CT molecular complexity index is 686. The molecule has 2 rings (SSSR count). The molecule has 0 unspecified atom stereocenters. The number of hydrogen-bond acceptors (Lipinski definition) is 4.